The molecule has 0 aliphatic carbocycles. The molecule has 1 saturated heterocycles. The van der Waals surface area contributed by atoms with Gasteiger partial charge < -0.3 is 5.11 Å². The van der Waals surface area contributed by atoms with Crippen LogP contribution in [0.4, 0.5) is 0 Å². The Bertz CT molecular complexity index is 831. The van der Waals surface area contributed by atoms with Gasteiger partial charge in [-0.25, -0.2) is 8.42 Å². The third kappa shape index (κ3) is 3.68. The maximum absolute atomic E-state index is 11.6. The van der Waals surface area contributed by atoms with E-state index >= 15 is 0 Å². The molecule has 3 rings (SSSR count). The Hall–Kier alpha value is -1.15. The molecule has 1 N–H and O–H groups in total. The first-order chi connectivity index (χ1) is 10.8. The minimum atomic E-state index is -3.12. The largest absolute Gasteiger partial charge is 0.508 e. The van der Waals surface area contributed by atoms with Crippen molar-refractivity contribution in [1.29, 1.82) is 0 Å². The average Bonchev–Trinajstić information content (AvgIpc) is 2.50. The van der Waals surface area contributed by atoms with Gasteiger partial charge in [-0.3, -0.25) is 4.90 Å². The molecule has 5 nitrogen and oxygen atoms in total. The summed E-state index contributed by atoms with van der Waals surface area (Å²) in [6.07, 6.45) is 1.25. The van der Waals surface area contributed by atoms with E-state index in [-0.39, 0.29) is 5.75 Å². The number of sulfonamides is 1. The number of benzene rings is 2. The van der Waals surface area contributed by atoms with Crippen LogP contribution < -0.4 is 0 Å². The smallest absolute Gasteiger partial charge is 0.211 e. The number of piperazine rings is 1. The molecule has 0 bridgehead atoms. The molecular formula is C16H19BrN2O3S. The van der Waals surface area contributed by atoms with E-state index in [1.54, 1.807) is 6.07 Å². The minimum Gasteiger partial charge on any atom is -0.508 e. The van der Waals surface area contributed by atoms with Gasteiger partial charge in [-0.15, -0.1) is 0 Å². The molecule has 1 aliphatic heterocycles. The number of fused-ring (bicyclic) bond motifs is 1. The maximum atomic E-state index is 11.6. The number of phenols is 1. The molecule has 124 valence electrons. The Balaban J connectivity index is 1.81. The highest BCUT2D eigenvalue weighted by molar-refractivity contribution is 9.10. The van der Waals surface area contributed by atoms with Crippen molar-refractivity contribution in [3.63, 3.8) is 0 Å². The van der Waals surface area contributed by atoms with E-state index in [1.807, 2.05) is 24.3 Å². The summed E-state index contributed by atoms with van der Waals surface area (Å²) in [6.45, 7) is 2.94. The molecule has 2 aromatic rings. The van der Waals surface area contributed by atoms with Crippen molar-refractivity contribution < 1.29 is 13.5 Å². The molecule has 0 spiro atoms. The summed E-state index contributed by atoms with van der Waals surface area (Å²) >= 11 is 3.46. The fourth-order valence-electron chi connectivity index (χ4n) is 2.96. The summed E-state index contributed by atoms with van der Waals surface area (Å²) in [4.78, 5) is 2.18. The highest BCUT2D eigenvalue weighted by atomic mass is 79.9. The summed E-state index contributed by atoms with van der Waals surface area (Å²) in [5.74, 6) is 0.283. The topological polar surface area (TPSA) is 60.9 Å². The Labute approximate surface area is 144 Å². The summed E-state index contributed by atoms with van der Waals surface area (Å²) in [5.41, 5.74) is 0.891. The fraction of sp³-hybridized carbons (Fsp3) is 0.375. The van der Waals surface area contributed by atoms with E-state index in [0.29, 0.717) is 32.7 Å². The molecule has 0 aromatic heterocycles. The molecule has 0 saturated carbocycles. The Morgan fingerprint density at radius 3 is 2.48 bits per heavy atom. The van der Waals surface area contributed by atoms with Crippen molar-refractivity contribution in [3.8, 4) is 5.75 Å². The van der Waals surface area contributed by atoms with Crippen molar-refractivity contribution in [1.82, 2.24) is 9.21 Å². The van der Waals surface area contributed by atoms with Crippen molar-refractivity contribution in [2.24, 2.45) is 0 Å². The normalized spacial score (nSPS) is 17.7. The quantitative estimate of drug-likeness (QED) is 0.861. The molecule has 0 unspecified atom stereocenters. The molecule has 1 aliphatic rings. The summed E-state index contributed by atoms with van der Waals surface area (Å²) < 4.78 is 25.7. The predicted molar refractivity (Wildman–Crippen MR) is 95.0 cm³/mol. The SMILES string of the molecule is CS(=O)(=O)N1CCN(Cc2c(O)ccc3cc(Br)ccc23)CC1. The molecule has 0 radical (unpaired) electrons. The average molecular weight is 399 g/mol. The number of halogens is 1. The van der Waals surface area contributed by atoms with Crippen LogP contribution in [0, 0.1) is 0 Å². The zero-order chi connectivity index (χ0) is 16.6. The first-order valence-electron chi connectivity index (χ1n) is 7.42. The van der Waals surface area contributed by atoms with E-state index < -0.39 is 10.0 Å². The van der Waals surface area contributed by atoms with Crippen LogP contribution in [0.3, 0.4) is 0 Å². The molecule has 23 heavy (non-hydrogen) atoms. The third-order valence-electron chi connectivity index (χ3n) is 4.25. The van der Waals surface area contributed by atoms with Crippen molar-refractivity contribution in [2.45, 2.75) is 6.54 Å². The second-order valence-corrected chi connectivity index (χ2v) is 8.77. The second-order valence-electron chi connectivity index (χ2n) is 5.87. The number of hydrogen-bond acceptors (Lipinski definition) is 4. The summed E-state index contributed by atoms with van der Waals surface area (Å²) in [7, 11) is -3.12. The van der Waals surface area contributed by atoms with Crippen LogP contribution in [0.2, 0.25) is 0 Å². The lowest BCUT2D eigenvalue weighted by Gasteiger charge is -2.33. The van der Waals surface area contributed by atoms with Gasteiger partial charge in [0.25, 0.3) is 0 Å². The van der Waals surface area contributed by atoms with Gasteiger partial charge in [0.05, 0.1) is 6.26 Å². The van der Waals surface area contributed by atoms with Crippen LogP contribution in [-0.4, -0.2) is 55.2 Å². The van der Waals surface area contributed by atoms with Gasteiger partial charge in [0, 0.05) is 42.8 Å². The Morgan fingerprint density at radius 1 is 1.13 bits per heavy atom. The van der Waals surface area contributed by atoms with E-state index in [9.17, 15) is 13.5 Å². The number of nitrogens with zero attached hydrogens (tertiary/aromatic N) is 2. The van der Waals surface area contributed by atoms with E-state index in [4.69, 9.17) is 0 Å². The van der Waals surface area contributed by atoms with Gasteiger partial charge in [-0.2, -0.15) is 4.31 Å². The van der Waals surface area contributed by atoms with Gasteiger partial charge >= 0.3 is 0 Å². The number of phenolic OH excluding ortho intramolecular Hbond substituents is 1. The highest BCUT2D eigenvalue weighted by Crippen LogP contribution is 2.30. The zero-order valence-corrected chi connectivity index (χ0v) is 15.3. The van der Waals surface area contributed by atoms with Crippen LogP contribution in [0.1, 0.15) is 5.56 Å². The van der Waals surface area contributed by atoms with E-state index in [0.717, 1.165) is 20.8 Å². The van der Waals surface area contributed by atoms with Gasteiger partial charge in [-0.05, 0) is 29.0 Å². The Kier molecular flexibility index (Phi) is 4.64. The van der Waals surface area contributed by atoms with Crippen molar-refractivity contribution in [2.75, 3.05) is 32.4 Å². The van der Waals surface area contributed by atoms with Crippen LogP contribution in [0.25, 0.3) is 10.8 Å². The van der Waals surface area contributed by atoms with E-state index in [2.05, 4.69) is 20.8 Å². The van der Waals surface area contributed by atoms with Gasteiger partial charge in [0.1, 0.15) is 5.75 Å². The number of aromatic hydroxyl groups is 1. The summed E-state index contributed by atoms with van der Waals surface area (Å²) in [6, 6.07) is 9.62. The first-order valence-corrected chi connectivity index (χ1v) is 10.1. The molecule has 1 fully saturated rings. The fourth-order valence-corrected chi connectivity index (χ4v) is 4.17. The van der Waals surface area contributed by atoms with Crippen molar-refractivity contribution in [3.05, 3.63) is 40.4 Å². The maximum Gasteiger partial charge on any atom is 0.211 e. The lowest BCUT2D eigenvalue weighted by molar-refractivity contribution is 0.181. The van der Waals surface area contributed by atoms with Crippen LogP contribution in [0.5, 0.6) is 5.75 Å². The highest BCUT2D eigenvalue weighted by Gasteiger charge is 2.24. The minimum absolute atomic E-state index is 0.283. The van der Waals surface area contributed by atoms with Crippen LogP contribution >= 0.6 is 15.9 Å². The predicted octanol–water partition coefficient (Wildman–Crippen LogP) is 2.39. The number of hydrogen-bond donors (Lipinski definition) is 1. The molecule has 1 heterocycles. The monoisotopic (exact) mass is 398 g/mol. The van der Waals surface area contributed by atoms with Crippen molar-refractivity contribution >= 4 is 36.7 Å². The summed E-state index contributed by atoms with van der Waals surface area (Å²) in [5, 5.41) is 12.3. The first kappa shape index (κ1) is 16.7. The lowest BCUT2D eigenvalue weighted by Crippen LogP contribution is -2.47. The van der Waals surface area contributed by atoms with Gasteiger partial charge in [0.15, 0.2) is 0 Å². The molecule has 0 atom stereocenters. The van der Waals surface area contributed by atoms with E-state index in [1.165, 1.54) is 10.6 Å². The third-order valence-corrected chi connectivity index (χ3v) is 6.05. The van der Waals surface area contributed by atoms with Gasteiger partial charge in [0.2, 0.25) is 10.0 Å². The molecule has 0 amide bonds. The second kappa shape index (κ2) is 6.39. The van der Waals surface area contributed by atoms with Crippen LogP contribution in [0.15, 0.2) is 34.8 Å². The lowest BCUT2D eigenvalue weighted by atomic mass is 10.0. The standard InChI is InChI=1S/C16H19BrN2O3S/c1-23(21,22)19-8-6-18(7-9-19)11-15-14-4-3-13(17)10-12(14)2-5-16(15)20/h2-5,10,20H,6-9,11H2,1H3. The zero-order valence-electron chi connectivity index (χ0n) is 12.9. The molecule has 7 heteroatoms. The van der Waals surface area contributed by atoms with Crippen LogP contribution in [-0.2, 0) is 16.6 Å². The number of rotatable bonds is 3. The molecular weight excluding hydrogens is 380 g/mol. The molecule has 2 aromatic carbocycles. The van der Waals surface area contributed by atoms with Gasteiger partial charge in [-0.1, -0.05) is 28.1 Å². The Morgan fingerprint density at radius 2 is 1.83 bits per heavy atom.